The molecule has 0 heterocycles. The number of hydrogen-bond acceptors (Lipinski definition) is 4. The van der Waals surface area contributed by atoms with Crippen molar-refractivity contribution in [2.75, 3.05) is 10.0 Å². The minimum absolute atomic E-state index is 0.0173. The first-order chi connectivity index (χ1) is 17.2. The smallest absolute Gasteiger partial charge is 0.263 e. The molecule has 4 aromatic rings. The van der Waals surface area contributed by atoms with Gasteiger partial charge in [0, 0.05) is 11.3 Å². The molecule has 0 aliphatic heterocycles. The monoisotopic (exact) mass is 520 g/mol. The second-order valence-electron chi connectivity index (χ2n) is 8.32. The normalized spacial score (nSPS) is 11.1. The van der Waals surface area contributed by atoms with E-state index in [2.05, 4.69) is 10.0 Å². The molecule has 0 atom stereocenters. The van der Waals surface area contributed by atoms with Crippen LogP contribution in [0, 0.1) is 13.8 Å². The average molecular weight is 521 g/mol. The van der Waals surface area contributed by atoms with Gasteiger partial charge in [-0.15, -0.1) is 0 Å². The summed E-state index contributed by atoms with van der Waals surface area (Å²) in [6.45, 7) is 4.18. The Labute approximate surface area is 216 Å². The van der Waals surface area contributed by atoms with Crippen molar-refractivity contribution in [1.82, 2.24) is 0 Å². The molecule has 4 aromatic carbocycles. The lowest BCUT2D eigenvalue weighted by molar-refractivity contribution is 0.102. The molecule has 2 N–H and O–H groups in total. The van der Waals surface area contributed by atoms with Gasteiger partial charge in [0.15, 0.2) is 0 Å². The van der Waals surface area contributed by atoms with Crippen molar-refractivity contribution in [2.24, 2.45) is 0 Å². The largest absolute Gasteiger partial charge is 0.489 e. The Morgan fingerprint density at radius 1 is 0.889 bits per heavy atom. The Morgan fingerprint density at radius 3 is 2.31 bits per heavy atom. The predicted octanol–water partition coefficient (Wildman–Crippen LogP) is 6.59. The number of rotatable bonds is 8. The summed E-state index contributed by atoms with van der Waals surface area (Å²) in [7, 11) is -4.02. The van der Waals surface area contributed by atoms with Gasteiger partial charge in [-0.1, -0.05) is 59.6 Å². The number of anilines is 2. The van der Waals surface area contributed by atoms with E-state index in [-0.39, 0.29) is 15.5 Å². The summed E-state index contributed by atoms with van der Waals surface area (Å²) >= 11 is 6.20. The molecule has 0 spiro atoms. The van der Waals surface area contributed by atoms with Crippen molar-refractivity contribution in [3.05, 3.63) is 118 Å². The van der Waals surface area contributed by atoms with Crippen LogP contribution < -0.4 is 14.8 Å². The lowest BCUT2D eigenvalue weighted by Crippen LogP contribution is -2.17. The number of benzene rings is 4. The second kappa shape index (κ2) is 10.8. The third kappa shape index (κ3) is 6.24. The van der Waals surface area contributed by atoms with Crippen molar-refractivity contribution in [1.29, 1.82) is 0 Å². The van der Waals surface area contributed by atoms with Gasteiger partial charge in [-0.05, 0) is 73.5 Å². The number of aryl methyl sites for hydroxylation is 2. The third-order valence-electron chi connectivity index (χ3n) is 5.47. The molecule has 36 heavy (non-hydrogen) atoms. The molecule has 0 radical (unpaired) electrons. The van der Waals surface area contributed by atoms with E-state index in [1.165, 1.54) is 18.2 Å². The highest BCUT2D eigenvalue weighted by atomic mass is 35.5. The lowest BCUT2D eigenvalue weighted by Gasteiger charge is -2.13. The third-order valence-corrected chi connectivity index (χ3v) is 7.32. The number of hydrogen-bond donors (Lipinski definition) is 2. The SMILES string of the molecule is Cc1ccc(NS(=O)(=O)c2cc(C(=O)Nc3ccc(OCc4ccccc4)cc3)ccc2Cl)c(C)c1. The zero-order chi connectivity index (χ0) is 25.7. The van der Waals surface area contributed by atoms with Crippen molar-refractivity contribution in [3.63, 3.8) is 0 Å². The lowest BCUT2D eigenvalue weighted by atomic mass is 10.1. The predicted molar refractivity (Wildman–Crippen MR) is 143 cm³/mol. The summed E-state index contributed by atoms with van der Waals surface area (Å²) < 4.78 is 34.4. The van der Waals surface area contributed by atoms with Crippen LogP contribution in [0.25, 0.3) is 0 Å². The van der Waals surface area contributed by atoms with Crippen LogP contribution in [-0.2, 0) is 16.6 Å². The summed E-state index contributed by atoms with van der Waals surface area (Å²) in [6.07, 6.45) is 0. The summed E-state index contributed by atoms with van der Waals surface area (Å²) in [5.41, 5.74) is 3.99. The molecule has 0 aliphatic rings. The van der Waals surface area contributed by atoms with Crippen molar-refractivity contribution in [3.8, 4) is 5.75 Å². The highest BCUT2D eigenvalue weighted by Crippen LogP contribution is 2.27. The first kappa shape index (κ1) is 25.3. The highest BCUT2D eigenvalue weighted by Gasteiger charge is 2.21. The Morgan fingerprint density at radius 2 is 1.61 bits per heavy atom. The van der Waals surface area contributed by atoms with E-state index in [9.17, 15) is 13.2 Å². The van der Waals surface area contributed by atoms with E-state index in [0.29, 0.717) is 23.7 Å². The second-order valence-corrected chi connectivity index (χ2v) is 10.4. The van der Waals surface area contributed by atoms with E-state index in [1.807, 2.05) is 56.3 Å². The van der Waals surface area contributed by atoms with E-state index >= 15 is 0 Å². The number of carbonyl (C=O) groups is 1. The van der Waals surface area contributed by atoms with Gasteiger partial charge in [-0.3, -0.25) is 9.52 Å². The van der Waals surface area contributed by atoms with Crippen LogP contribution in [0.1, 0.15) is 27.0 Å². The molecule has 0 aromatic heterocycles. The molecule has 0 aliphatic carbocycles. The zero-order valence-electron chi connectivity index (χ0n) is 19.8. The number of ether oxygens (including phenoxy) is 1. The fourth-order valence-electron chi connectivity index (χ4n) is 3.56. The summed E-state index contributed by atoms with van der Waals surface area (Å²) in [5.74, 6) is 0.196. The van der Waals surface area contributed by atoms with Gasteiger partial charge in [-0.25, -0.2) is 8.42 Å². The van der Waals surface area contributed by atoms with Gasteiger partial charge in [-0.2, -0.15) is 0 Å². The summed E-state index contributed by atoms with van der Waals surface area (Å²) in [5, 5.41) is 2.79. The fraction of sp³-hybridized carbons (Fsp3) is 0.107. The molecule has 4 rings (SSSR count). The summed E-state index contributed by atoms with van der Waals surface area (Å²) in [4.78, 5) is 12.7. The molecular formula is C28H25ClN2O4S. The molecule has 8 heteroatoms. The van der Waals surface area contributed by atoms with Gasteiger partial charge in [0.2, 0.25) is 0 Å². The van der Waals surface area contributed by atoms with Crippen LogP contribution >= 0.6 is 11.6 Å². The average Bonchev–Trinajstić information content (AvgIpc) is 2.86. The molecule has 0 unspecified atom stereocenters. The maximum absolute atomic E-state index is 13.1. The highest BCUT2D eigenvalue weighted by molar-refractivity contribution is 7.92. The van der Waals surface area contributed by atoms with Crippen molar-refractivity contribution >= 4 is 38.9 Å². The first-order valence-corrected chi connectivity index (χ1v) is 13.1. The standard InChI is InChI=1S/C28H25ClN2O4S/c1-19-8-15-26(20(2)16-19)31-36(33,34)27-17-22(9-14-25(27)29)28(32)30-23-10-12-24(13-11-23)35-18-21-6-4-3-5-7-21/h3-17,31H,18H2,1-2H3,(H,30,32). The van der Waals surface area contributed by atoms with Crippen molar-refractivity contribution < 1.29 is 17.9 Å². The van der Waals surface area contributed by atoms with Gasteiger partial charge >= 0.3 is 0 Å². The van der Waals surface area contributed by atoms with E-state index in [1.54, 1.807) is 30.3 Å². The topological polar surface area (TPSA) is 84.5 Å². The molecule has 0 fully saturated rings. The number of nitrogens with one attached hydrogen (secondary N) is 2. The fourth-order valence-corrected chi connectivity index (χ4v) is 5.21. The molecular weight excluding hydrogens is 496 g/mol. The van der Waals surface area contributed by atoms with Gasteiger partial charge in [0.1, 0.15) is 17.3 Å². The molecule has 6 nitrogen and oxygen atoms in total. The van der Waals surface area contributed by atoms with Gasteiger partial charge in [0.25, 0.3) is 15.9 Å². The van der Waals surface area contributed by atoms with Crippen LogP contribution in [0.3, 0.4) is 0 Å². The number of halogens is 1. The maximum Gasteiger partial charge on any atom is 0.263 e. The molecule has 1 amide bonds. The van der Waals surface area contributed by atoms with Crippen molar-refractivity contribution in [2.45, 2.75) is 25.3 Å². The van der Waals surface area contributed by atoms with Crippen LogP contribution in [0.5, 0.6) is 5.75 Å². The quantitative estimate of drug-likeness (QED) is 0.274. The number of amides is 1. The van der Waals surface area contributed by atoms with Crippen LogP contribution in [0.15, 0.2) is 95.9 Å². The first-order valence-electron chi connectivity index (χ1n) is 11.2. The minimum Gasteiger partial charge on any atom is -0.489 e. The van der Waals surface area contributed by atoms with E-state index in [0.717, 1.165) is 16.7 Å². The van der Waals surface area contributed by atoms with Crippen LogP contribution in [-0.4, -0.2) is 14.3 Å². The molecule has 0 bridgehead atoms. The number of carbonyl (C=O) groups excluding carboxylic acids is 1. The summed E-state index contributed by atoms with van der Waals surface area (Å²) in [6, 6.07) is 26.3. The van der Waals surface area contributed by atoms with Crippen LogP contribution in [0.2, 0.25) is 5.02 Å². The Balaban J connectivity index is 1.46. The maximum atomic E-state index is 13.1. The van der Waals surface area contributed by atoms with Gasteiger partial charge < -0.3 is 10.1 Å². The zero-order valence-corrected chi connectivity index (χ0v) is 21.4. The minimum atomic E-state index is -4.02. The van der Waals surface area contributed by atoms with E-state index < -0.39 is 15.9 Å². The molecule has 184 valence electrons. The Kier molecular flexibility index (Phi) is 7.62. The van der Waals surface area contributed by atoms with Crippen LogP contribution in [0.4, 0.5) is 11.4 Å². The Bertz CT molecular complexity index is 1490. The van der Waals surface area contributed by atoms with E-state index in [4.69, 9.17) is 16.3 Å². The number of sulfonamides is 1. The molecule has 0 saturated carbocycles. The Hall–Kier alpha value is -3.81. The van der Waals surface area contributed by atoms with Gasteiger partial charge in [0.05, 0.1) is 10.7 Å². The molecule has 0 saturated heterocycles.